The summed E-state index contributed by atoms with van der Waals surface area (Å²) in [7, 11) is 0. The van der Waals surface area contributed by atoms with E-state index in [-0.39, 0.29) is 5.54 Å². The van der Waals surface area contributed by atoms with Gasteiger partial charge in [-0.2, -0.15) is 0 Å². The summed E-state index contributed by atoms with van der Waals surface area (Å²) in [6.07, 6.45) is 12.9. The molecule has 2 heteroatoms. The number of amides is 1. The van der Waals surface area contributed by atoms with Gasteiger partial charge in [0, 0.05) is 12.0 Å². The van der Waals surface area contributed by atoms with Crippen LogP contribution in [0.1, 0.15) is 71.1 Å². The quantitative estimate of drug-likeness (QED) is 0.825. The van der Waals surface area contributed by atoms with Gasteiger partial charge in [0.05, 0.1) is 0 Å². The SMILES string of the molecule is CC1(NC(=O)CC23CC4CC(CC(C4)C2)C3)CCC1. The molecule has 0 aromatic rings. The molecule has 5 aliphatic carbocycles. The predicted octanol–water partition coefficient (Wildman–Crippen LogP) is 3.65. The van der Waals surface area contributed by atoms with Crippen LogP contribution in [0.4, 0.5) is 0 Å². The standard InChI is InChI=1S/C17H27NO/c1-16(3-2-4-16)18-15(19)11-17-8-12-5-13(9-17)7-14(6-12)10-17/h12-14H,2-11H2,1H3,(H,18,19). The highest BCUT2D eigenvalue weighted by Crippen LogP contribution is 2.61. The molecule has 5 fully saturated rings. The highest BCUT2D eigenvalue weighted by molar-refractivity contribution is 5.77. The summed E-state index contributed by atoms with van der Waals surface area (Å²) < 4.78 is 0. The Balaban J connectivity index is 1.43. The minimum atomic E-state index is 0.138. The normalized spacial score (nSPS) is 45.8. The molecule has 0 spiro atoms. The molecule has 19 heavy (non-hydrogen) atoms. The van der Waals surface area contributed by atoms with Crippen LogP contribution in [0, 0.1) is 23.2 Å². The van der Waals surface area contributed by atoms with Crippen LogP contribution in [-0.2, 0) is 4.79 Å². The summed E-state index contributed by atoms with van der Waals surface area (Å²) in [6.45, 7) is 2.22. The van der Waals surface area contributed by atoms with Crippen LogP contribution in [0.25, 0.3) is 0 Å². The molecule has 0 atom stereocenters. The van der Waals surface area contributed by atoms with Gasteiger partial charge in [0.25, 0.3) is 0 Å². The van der Waals surface area contributed by atoms with E-state index in [2.05, 4.69) is 12.2 Å². The van der Waals surface area contributed by atoms with Crippen LogP contribution in [0.15, 0.2) is 0 Å². The van der Waals surface area contributed by atoms with Gasteiger partial charge >= 0.3 is 0 Å². The lowest BCUT2D eigenvalue weighted by Gasteiger charge is -2.57. The van der Waals surface area contributed by atoms with E-state index in [0.717, 1.165) is 24.2 Å². The number of nitrogens with one attached hydrogen (secondary N) is 1. The van der Waals surface area contributed by atoms with Crippen molar-refractivity contribution < 1.29 is 4.79 Å². The molecular formula is C17H27NO. The molecular weight excluding hydrogens is 234 g/mol. The fourth-order valence-corrected chi connectivity index (χ4v) is 6.06. The Bertz CT molecular complexity index is 361. The third-order valence-electron chi connectivity index (χ3n) is 6.60. The van der Waals surface area contributed by atoms with Crippen molar-refractivity contribution in [2.45, 2.75) is 76.7 Å². The van der Waals surface area contributed by atoms with E-state index in [1.165, 1.54) is 57.8 Å². The predicted molar refractivity (Wildman–Crippen MR) is 75.6 cm³/mol. The molecule has 106 valence electrons. The second kappa shape index (κ2) is 3.99. The zero-order chi connectivity index (χ0) is 13.1. The third-order valence-corrected chi connectivity index (χ3v) is 6.60. The summed E-state index contributed by atoms with van der Waals surface area (Å²) >= 11 is 0. The van der Waals surface area contributed by atoms with Crippen LogP contribution < -0.4 is 5.32 Å². The van der Waals surface area contributed by atoms with Crippen molar-refractivity contribution in [3.05, 3.63) is 0 Å². The summed E-state index contributed by atoms with van der Waals surface area (Å²) in [6, 6.07) is 0. The van der Waals surface area contributed by atoms with Crippen molar-refractivity contribution in [3.8, 4) is 0 Å². The summed E-state index contributed by atoms with van der Waals surface area (Å²) in [4.78, 5) is 12.4. The van der Waals surface area contributed by atoms with Gasteiger partial charge in [-0.15, -0.1) is 0 Å². The van der Waals surface area contributed by atoms with Gasteiger partial charge in [0.2, 0.25) is 5.91 Å². The topological polar surface area (TPSA) is 29.1 Å². The van der Waals surface area contributed by atoms with Gasteiger partial charge in [-0.05, 0) is 87.9 Å². The molecule has 0 saturated heterocycles. The molecule has 1 N–H and O–H groups in total. The van der Waals surface area contributed by atoms with Crippen LogP contribution in [0.3, 0.4) is 0 Å². The van der Waals surface area contributed by atoms with E-state index < -0.39 is 0 Å². The number of carbonyl (C=O) groups excluding carboxylic acids is 1. The van der Waals surface area contributed by atoms with E-state index in [0.29, 0.717) is 11.3 Å². The average molecular weight is 261 g/mol. The zero-order valence-corrected chi connectivity index (χ0v) is 12.2. The minimum Gasteiger partial charge on any atom is -0.351 e. The van der Waals surface area contributed by atoms with Gasteiger partial charge in [0.1, 0.15) is 0 Å². The largest absolute Gasteiger partial charge is 0.351 e. The lowest BCUT2D eigenvalue weighted by atomic mass is 9.49. The van der Waals surface area contributed by atoms with E-state index in [9.17, 15) is 4.79 Å². The van der Waals surface area contributed by atoms with Crippen molar-refractivity contribution >= 4 is 5.91 Å². The molecule has 5 aliphatic rings. The second-order valence-electron chi connectivity index (χ2n) is 8.56. The van der Waals surface area contributed by atoms with Gasteiger partial charge in [-0.1, -0.05) is 0 Å². The molecule has 0 radical (unpaired) electrons. The van der Waals surface area contributed by atoms with Gasteiger partial charge < -0.3 is 5.32 Å². The maximum absolute atomic E-state index is 12.4. The highest BCUT2D eigenvalue weighted by Gasteiger charge is 2.51. The lowest BCUT2D eigenvalue weighted by molar-refractivity contribution is -0.132. The van der Waals surface area contributed by atoms with Gasteiger partial charge in [-0.3, -0.25) is 4.79 Å². The Hall–Kier alpha value is -0.530. The maximum Gasteiger partial charge on any atom is 0.220 e. The van der Waals surface area contributed by atoms with Crippen LogP contribution in [0.5, 0.6) is 0 Å². The fraction of sp³-hybridized carbons (Fsp3) is 0.941. The van der Waals surface area contributed by atoms with Crippen molar-refractivity contribution in [1.82, 2.24) is 5.32 Å². The second-order valence-corrected chi connectivity index (χ2v) is 8.56. The highest BCUT2D eigenvalue weighted by atomic mass is 16.1. The third kappa shape index (κ3) is 2.11. The summed E-state index contributed by atoms with van der Waals surface area (Å²) in [5.41, 5.74) is 0.540. The Morgan fingerprint density at radius 2 is 1.58 bits per heavy atom. The Labute approximate surface area is 116 Å². The van der Waals surface area contributed by atoms with Crippen LogP contribution >= 0.6 is 0 Å². The molecule has 5 rings (SSSR count). The van der Waals surface area contributed by atoms with Crippen LogP contribution in [0.2, 0.25) is 0 Å². The lowest BCUT2D eigenvalue weighted by Crippen LogP contribution is -2.53. The van der Waals surface area contributed by atoms with E-state index in [1.807, 2.05) is 0 Å². The zero-order valence-electron chi connectivity index (χ0n) is 12.2. The fourth-order valence-electron chi connectivity index (χ4n) is 6.06. The molecule has 5 saturated carbocycles. The summed E-state index contributed by atoms with van der Waals surface area (Å²) in [5, 5.41) is 3.33. The Morgan fingerprint density at radius 3 is 2.00 bits per heavy atom. The van der Waals surface area contributed by atoms with Crippen molar-refractivity contribution in [2.75, 3.05) is 0 Å². The van der Waals surface area contributed by atoms with Crippen LogP contribution in [-0.4, -0.2) is 11.4 Å². The van der Waals surface area contributed by atoms with Crippen molar-refractivity contribution in [2.24, 2.45) is 23.2 Å². The molecule has 0 unspecified atom stereocenters. The van der Waals surface area contributed by atoms with E-state index >= 15 is 0 Å². The Morgan fingerprint density at radius 1 is 1.05 bits per heavy atom. The monoisotopic (exact) mass is 261 g/mol. The molecule has 4 bridgehead atoms. The Kier molecular flexibility index (Phi) is 2.57. The molecule has 0 heterocycles. The first-order valence-electron chi connectivity index (χ1n) is 8.35. The average Bonchev–Trinajstić information content (AvgIpc) is 2.23. The molecule has 2 nitrogen and oxygen atoms in total. The number of rotatable bonds is 3. The molecule has 0 aliphatic heterocycles. The van der Waals surface area contributed by atoms with E-state index in [4.69, 9.17) is 0 Å². The first-order chi connectivity index (χ1) is 9.04. The molecule has 0 aromatic carbocycles. The van der Waals surface area contributed by atoms with Gasteiger partial charge in [-0.25, -0.2) is 0 Å². The first-order valence-corrected chi connectivity index (χ1v) is 8.35. The number of carbonyl (C=O) groups is 1. The molecule has 1 amide bonds. The van der Waals surface area contributed by atoms with Gasteiger partial charge in [0.15, 0.2) is 0 Å². The van der Waals surface area contributed by atoms with Crippen molar-refractivity contribution in [1.29, 1.82) is 0 Å². The summed E-state index contributed by atoms with van der Waals surface area (Å²) in [5.74, 6) is 3.22. The number of hydrogen-bond acceptors (Lipinski definition) is 1. The minimum absolute atomic E-state index is 0.138. The smallest absolute Gasteiger partial charge is 0.220 e. The number of hydrogen-bond donors (Lipinski definition) is 1. The first kappa shape index (κ1) is 12.2. The van der Waals surface area contributed by atoms with Crippen molar-refractivity contribution in [3.63, 3.8) is 0 Å². The van der Waals surface area contributed by atoms with E-state index in [1.54, 1.807) is 0 Å². The maximum atomic E-state index is 12.4. The molecule has 0 aromatic heterocycles.